The molecule has 0 unspecified atom stereocenters. The van der Waals surface area contributed by atoms with Gasteiger partial charge in [0.25, 0.3) is 5.91 Å². The monoisotopic (exact) mass is 335 g/mol. The molecule has 22 heavy (non-hydrogen) atoms. The molecule has 0 saturated carbocycles. The fourth-order valence-electron chi connectivity index (χ4n) is 2.09. The van der Waals surface area contributed by atoms with E-state index in [-0.39, 0.29) is 5.91 Å². The van der Waals surface area contributed by atoms with E-state index in [0.29, 0.717) is 22.2 Å². The molecule has 0 aliphatic rings. The lowest BCUT2D eigenvalue weighted by Gasteiger charge is -2.03. The Bertz CT molecular complexity index is 777. The van der Waals surface area contributed by atoms with Gasteiger partial charge in [-0.15, -0.1) is 11.3 Å². The fourth-order valence-corrected chi connectivity index (χ4v) is 3.05. The zero-order valence-electron chi connectivity index (χ0n) is 11.9. The molecule has 0 aliphatic heterocycles. The van der Waals surface area contributed by atoms with Crippen LogP contribution in [-0.4, -0.2) is 22.0 Å². The number of hydrogen-bond acceptors (Lipinski definition) is 4. The maximum absolute atomic E-state index is 11.9. The van der Waals surface area contributed by atoms with E-state index in [4.69, 9.17) is 16.0 Å². The number of aryl methyl sites for hydroxylation is 1. The molecule has 0 aliphatic carbocycles. The molecule has 1 N–H and O–H groups in total. The molecule has 0 aromatic carbocycles. The smallest absolute Gasteiger partial charge is 0.261 e. The van der Waals surface area contributed by atoms with Crippen LogP contribution in [0.25, 0.3) is 11.5 Å². The Morgan fingerprint density at radius 3 is 3.00 bits per heavy atom. The highest BCUT2D eigenvalue weighted by atomic mass is 35.5. The average molecular weight is 336 g/mol. The van der Waals surface area contributed by atoms with E-state index >= 15 is 0 Å². The highest BCUT2D eigenvalue weighted by Crippen LogP contribution is 2.21. The van der Waals surface area contributed by atoms with Crippen LogP contribution in [0.15, 0.2) is 41.1 Å². The second kappa shape index (κ2) is 6.37. The first-order valence-corrected chi connectivity index (χ1v) is 7.92. The van der Waals surface area contributed by atoms with Crippen LogP contribution in [0.5, 0.6) is 0 Å². The number of amides is 1. The minimum atomic E-state index is -0.114. The van der Waals surface area contributed by atoms with Crippen LogP contribution < -0.4 is 5.32 Å². The maximum Gasteiger partial charge on any atom is 0.261 e. The van der Waals surface area contributed by atoms with Crippen molar-refractivity contribution in [2.75, 3.05) is 6.54 Å². The molecule has 1 amide bonds. The predicted molar refractivity (Wildman–Crippen MR) is 86.3 cm³/mol. The van der Waals surface area contributed by atoms with Crippen molar-refractivity contribution < 1.29 is 9.21 Å². The van der Waals surface area contributed by atoms with Crippen molar-refractivity contribution in [3.63, 3.8) is 0 Å². The summed E-state index contributed by atoms with van der Waals surface area (Å²) in [6.45, 7) is 0.511. The number of carbonyl (C=O) groups excluding carboxylic acids is 1. The van der Waals surface area contributed by atoms with Gasteiger partial charge in [0.15, 0.2) is 5.76 Å². The van der Waals surface area contributed by atoms with Crippen LogP contribution in [0.4, 0.5) is 0 Å². The topological polar surface area (TPSA) is 60.1 Å². The third kappa shape index (κ3) is 3.23. The van der Waals surface area contributed by atoms with Gasteiger partial charge in [0, 0.05) is 26.2 Å². The summed E-state index contributed by atoms with van der Waals surface area (Å²) in [5.74, 6) is 1.51. The van der Waals surface area contributed by atoms with Gasteiger partial charge in [0.2, 0.25) is 0 Å². The zero-order valence-corrected chi connectivity index (χ0v) is 13.4. The van der Waals surface area contributed by atoms with Crippen LogP contribution in [0.2, 0.25) is 4.34 Å². The highest BCUT2D eigenvalue weighted by Gasteiger charge is 2.11. The van der Waals surface area contributed by atoms with Gasteiger partial charge in [-0.3, -0.25) is 4.79 Å². The lowest BCUT2D eigenvalue weighted by Crippen LogP contribution is -2.25. The lowest BCUT2D eigenvalue weighted by molar-refractivity contribution is 0.0958. The number of hydrogen-bond donors (Lipinski definition) is 1. The Kier molecular flexibility index (Phi) is 4.31. The summed E-state index contributed by atoms with van der Waals surface area (Å²) in [5, 5.41) is 2.87. The largest absolute Gasteiger partial charge is 0.463 e. The number of aromatic nitrogens is 2. The van der Waals surface area contributed by atoms with Gasteiger partial charge in [0.1, 0.15) is 11.5 Å². The molecule has 3 rings (SSSR count). The van der Waals surface area contributed by atoms with Crippen LogP contribution in [0, 0.1) is 0 Å². The molecule has 0 atom stereocenters. The SMILES string of the molecule is Cn1cc(-c2ccco2)nc1CCNC(=O)c1ccc(Cl)s1. The Balaban J connectivity index is 1.59. The molecule has 114 valence electrons. The van der Waals surface area contributed by atoms with Crippen molar-refractivity contribution in [2.24, 2.45) is 7.05 Å². The third-order valence-corrected chi connectivity index (χ3v) is 4.41. The summed E-state index contributed by atoms with van der Waals surface area (Å²) in [5.41, 5.74) is 0.791. The van der Waals surface area contributed by atoms with Crippen molar-refractivity contribution >= 4 is 28.8 Å². The molecule has 7 heteroatoms. The molecular formula is C15H14ClN3O2S. The summed E-state index contributed by atoms with van der Waals surface area (Å²) >= 11 is 7.09. The fraction of sp³-hybridized carbons (Fsp3) is 0.200. The molecular weight excluding hydrogens is 322 g/mol. The molecule has 0 spiro atoms. The first-order valence-electron chi connectivity index (χ1n) is 6.73. The predicted octanol–water partition coefficient (Wildman–Crippen LogP) is 3.37. The maximum atomic E-state index is 11.9. The minimum Gasteiger partial charge on any atom is -0.463 e. The zero-order chi connectivity index (χ0) is 15.5. The second-order valence-corrected chi connectivity index (χ2v) is 6.46. The minimum absolute atomic E-state index is 0.114. The molecule has 0 radical (unpaired) electrons. The first kappa shape index (κ1) is 14.9. The standard InChI is InChI=1S/C15H14ClN3O2S/c1-19-9-10(11-3-2-8-21-11)18-14(19)6-7-17-15(20)12-4-5-13(16)22-12/h2-5,8-9H,6-7H2,1H3,(H,17,20). The number of carbonyl (C=O) groups is 1. The van der Waals surface area contributed by atoms with Gasteiger partial charge in [-0.05, 0) is 24.3 Å². The number of thiophene rings is 1. The normalized spacial score (nSPS) is 10.8. The van der Waals surface area contributed by atoms with E-state index in [0.717, 1.165) is 17.3 Å². The quantitative estimate of drug-likeness (QED) is 0.777. The van der Waals surface area contributed by atoms with Crippen LogP contribution in [0.1, 0.15) is 15.5 Å². The Morgan fingerprint density at radius 1 is 1.45 bits per heavy atom. The van der Waals surface area contributed by atoms with Crippen molar-refractivity contribution in [1.29, 1.82) is 0 Å². The molecule has 3 aromatic heterocycles. The number of halogens is 1. The number of rotatable bonds is 5. The molecule has 3 aromatic rings. The molecule has 0 fully saturated rings. The number of furan rings is 1. The Labute approximate surface area is 136 Å². The summed E-state index contributed by atoms with van der Waals surface area (Å²) in [7, 11) is 1.93. The van der Waals surface area contributed by atoms with Gasteiger partial charge in [-0.2, -0.15) is 0 Å². The summed E-state index contributed by atoms with van der Waals surface area (Å²) < 4.78 is 7.88. The molecule has 3 heterocycles. The van der Waals surface area contributed by atoms with Crippen LogP contribution >= 0.6 is 22.9 Å². The van der Waals surface area contributed by atoms with E-state index in [1.54, 1.807) is 18.4 Å². The van der Waals surface area contributed by atoms with E-state index in [2.05, 4.69) is 10.3 Å². The van der Waals surface area contributed by atoms with Gasteiger partial charge in [-0.25, -0.2) is 4.98 Å². The summed E-state index contributed by atoms with van der Waals surface area (Å²) in [4.78, 5) is 17.1. The molecule has 0 bridgehead atoms. The van der Waals surface area contributed by atoms with Crippen molar-refractivity contribution in [1.82, 2.24) is 14.9 Å². The van der Waals surface area contributed by atoms with Gasteiger partial charge < -0.3 is 14.3 Å². The highest BCUT2D eigenvalue weighted by molar-refractivity contribution is 7.17. The molecule has 5 nitrogen and oxygen atoms in total. The van der Waals surface area contributed by atoms with E-state index in [1.165, 1.54) is 11.3 Å². The number of imidazole rings is 1. The van der Waals surface area contributed by atoms with E-state index < -0.39 is 0 Å². The molecule has 0 saturated heterocycles. The first-order chi connectivity index (χ1) is 10.6. The van der Waals surface area contributed by atoms with Gasteiger partial charge in [-0.1, -0.05) is 11.6 Å². The van der Waals surface area contributed by atoms with Gasteiger partial charge in [0.05, 0.1) is 15.5 Å². The Morgan fingerprint density at radius 2 is 2.32 bits per heavy atom. The van der Waals surface area contributed by atoms with Crippen molar-refractivity contribution in [3.05, 3.63) is 51.8 Å². The van der Waals surface area contributed by atoms with Crippen LogP contribution in [0.3, 0.4) is 0 Å². The summed E-state index contributed by atoms with van der Waals surface area (Å²) in [6.07, 6.45) is 4.17. The average Bonchev–Trinajstić information content (AvgIpc) is 3.20. The second-order valence-electron chi connectivity index (χ2n) is 4.74. The van der Waals surface area contributed by atoms with Crippen molar-refractivity contribution in [2.45, 2.75) is 6.42 Å². The number of nitrogens with zero attached hydrogens (tertiary/aromatic N) is 2. The third-order valence-electron chi connectivity index (χ3n) is 3.18. The lowest BCUT2D eigenvalue weighted by atomic mass is 10.3. The van der Waals surface area contributed by atoms with Crippen molar-refractivity contribution in [3.8, 4) is 11.5 Å². The number of nitrogens with one attached hydrogen (secondary N) is 1. The van der Waals surface area contributed by atoms with E-state index in [1.807, 2.05) is 29.9 Å². The van der Waals surface area contributed by atoms with E-state index in [9.17, 15) is 4.79 Å². The van der Waals surface area contributed by atoms with Crippen LogP contribution in [-0.2, 0) is 13.5 Å². The Hall–Kier alpha value is -2.05. The van der Waals surface area contributed by atoms with Gasteiger partial charge >= 0.3 is 0 Å². The summed E-state index contributed by atoms with van der Waals surface area (Å²) in [6, 6.07) is 7.14.